The molecule has 1 aliphatic heterocycles. The van der Waals surface area contributed by atoms with Crippen molar-refractivity contribution in [3.8, 4) is 0 Å². The van der Waals surface area contributed by atoms with Crippen molar-refractivity contribution in [3.63, 3.8) is 0 Å². The van der Waals surface area contributed by atoms with Crippen LogP contribution in [0.15, 0.2) is 71.3 Å². The Morgan fingerprint density at radius 2 is 1.89 bits per heavy atom. The summed E-state index contributed by atoms with van der Waals surface area (Å²) in [6, 6.07) is 14.2. The fourth-order valence-electron chi connectivity index (χ4n) is 2.99. The van der Waals surface area contributed by atoms with Crippen molar-refractivity contribution in [1.82, 2.24) is 0 Å². The van der Waals surface area contributed by atoms with Crippen LogP contribution in [0.2, 0.25) is 0 Å². The number of para-hydroxylation sites is 1. The van der Waals surface area contributed by atoms with E-state index in [9.17, 15) is 0 Å². The molecule has 0 fully saturated rings. The van der Waals surface area contributed by atoms with E-state index in [1.54, 1.807) is 0 Å². The molecule has 1 heterocycles. The van der Waals surface area contributed by atoms with Crippen LogP contribution in [-0.2, 0) is 6.42 Å². The number of benzene rings is 2. The van der Waals surface area contributed by atoms with E-state index in [0.29, 0.717) is 0 Å². The summed E-state index contributed by atoms with van der Waals surface area (Å²) in [7, 11) is 0. The van der Waals surface area contributed by atoms with E-state index in [4.69, 9.17) is 10.7 Å². The van der Waals surface area contributed by atoms with Crippen molar-refractivity contribution in [1.29, 1.82) is 0 Å². The molecule has 3 nitrogen and oxygen atoms in total. The topological polar surface area (TPSA) is 50.4 Å². The van der Waals surface area contributed by atoms with Gasteiger partial charge in [0.05, 0.1) is 11.4 Å². The molecule has 0 bridgehead atoms. The maximum Gasteiger partial charge on any atom is 0.0765 e. The second-order valence-electron chi connectivity index (χ2n) is 6.82. The van der Waals surface area contributed by atoms with Gasteiger partial charge in [-0.05, 0) is 49.2 Å². The van der Waals surface area contributed by atoms with Gasteiger partial charge in [0, 0.05) is 29.9 Å². The molecule has 0 spiro atoms. The Hall–Kier alpha value is -2.81. The van der Waals surface area contributed by atoms with Gasteiger partial charge < -0.3 is 11.1 Å². The molecule has 3 rings (SSSR count). The van der Waals surface area contributed by atoms with Gasteiger partial charge in [-0.1, -0.05) is 56.7 Å². The van der Waals surface area contributed by atoms with Crippen molar-refractivity contribution in [2.24, 2.45) is 4.99 Å². The van der Waals surface area contributed by atoms with Gasteiger partial charge in [-0.2, -0.15) is 0 Å². The first-order valence-corrected chi connectivity index (χ1v) is 9.66. The number of nitrogens with two attached hydrogens (primary N) is 1. The molecule has 142 valence electrons. The number of fused-ring (bicyclic) bond motifs is 1. The highest BCUT2D eigenvalue weighted by Crippen LogP contribution is 2.34. The van der Waals surface area contributed by atoms with Gasteiger partial charge in [-0.15, -0.1) is 0 Å². The number of rotatable bonds is 4. The molecular formula is C24H31N3. The third kappa shape index (κ3) is 5.33. The number of aliphatic imine (C=N–C) groups is 1. The molecule has 0 amide bonds. The normalized spacial score (nSPS) is 13.9. The first-order valence-electron chi connectivity index (χ1n) is 9.66. The minimum atomic E-state index is 0.747. The summed E-state index contributed by atoms with van der Waals surface area (Å²) in [6.45, 7) is 13.3. The second-order valence-corrected chi connectivity index (χ2v) is 6.82. The Kier molecular flexibility index (Phi) is 7.42. The standard InChI is InChI=1S/C21H23N3.C3H8/c1-4-23-17-9-10-20-15(13-17)12-16(11-14(2)3)21(24-20)18-7-5-6-8-19(18)22;1-3-2/h5-11,13,23H,2,4,12,22H2,1,3H3;3H2,1-2H3/b16-11-;. The number of hydrogen-bond acceptors (Lipinski definition) is 3. The molecule has 0 atom stereocenters. The predicted molar refractivity (Wildman–Crippen MR) is 120 cm³/mol. The number of nitrogen functional groups attached to an aromatic ring is 1. The number of anilines is 2. The molecule has 0 radical (unpaired) electrons. The molecule has 3 N–H and O–H groups in total. The minimum Gasteiger partial charge on any atom is -0.398 e. The smallest absolute Gasteiger partial charge is 0.0765 e. The minimum absolute atomic E-state index is 0.747. The number of hydrogen-bond donors (Lipinski definition) is 2. The molecular weight excluding hydrogens is 330 g/mol. The van der Waals surface area contributed by atoms with Crippen LogP contribution in [0.5, 0.6) is 0 Å². The van der Waals surface area contributed by atoms with Crippen molar-refractivity contribution < 1.29 is 0 Å². The monoisotopic (exact) mass is 361 g/mol. The van der Waals surface area contributed by atoms with E-state index >= 15 is 0 Å². The van der Waals surface area contributed by atoms with Gasteiger partial charge in [0.15, 0.2) is 0 Å². The summed E-state index contributed by atoms with van der Waals surface area (Å²) in [5.74, 6) is 0. The van der Waals surface area contributed by atoms with Crippen LogP contribution in [0.25, 0.3) is 0 Å². The molecule has 27 heavy (non-hydrogen) atoms. The van der Waals surface area contributed by atoms with Gasteiger partial charge in [-0.3, -0.25) is 0 Å². The third-order valence-corrected chi connectivity index (χ3v) is 4.01. The van der Waals surface area contributed by atoms with Crippen LogP contribution in [-0.4, -0.2) is 12.3 Å². The number of allylic oxidation sites excluding steroid dienone is 3. The maximum absolute atomic E-state index is 6.19. The quantitative estimate of drug-likeness (QED) is 0.628. The average molecular weight is 362 g/mol. The first kappa shape index (κ1) is 20.5. The molecule has 0 aromatic heterocycles. The summed E-state index contributed by atoms with van der Waals surface area (Å²) in [5.41, 5.74) is 14.4. The molecule has 3 heteroatoms. The van der Waals surface area contributed by atoms with Gasteiger partial charge >= 0.3 is 0 Å². The molecule has 1 aliphatic rings. The van der Waals surface area contributed by atoms with Crippen molar-refractivity contribution in [3.05, 3.63) is 77.4 Å². The number of nitrogens with zero attached hydrogens (tertiary/aromatic N) is 1. The van der Waals surface area contributed by atoms with Crippen LogP contribution in [0.1, 0.15) is 45.2 Å². The van der Waals surface area contributed by atoms with E-state index in [2.05, 4.69) is 56.9 Å². The van der Waals surface area contributed by atoms with Crippen LogP contribution in [0.4, 0.5) is 17.1 Å². The number of nitrogens with one attached hydrogen (secondary N) is 1. The summed E-state index contributed by atoms with van der Waals surface area (Å²) in [6.07, 6.45) is 4.18. The lowest BCUT2D eigenvalue weighted by Crippen LogP contribution is -2.14. The summed E-state index contributed by atoms with van der Waals surface area (Å²) in [4.78, 5) is 4.91. The molecule has 2 aromatic rings. The lowest BCUT2D eigenvalue weighted by molar-refractivity contribution is 1.09. The van der Waals surface area contributed by atoms with E-state index in [0.717, 1.165) is 52.4 Å². The van der Waals surface area contributed by atoms with Gasteiger partial charge in [0.25, 0.3) is 0 Å². The Morgan fingerprint density at radius 1 is 1.19 bits per heavy atom. The molecule has 2 aromatic carbocycles. The van der Waals surface area contributed by atoms with Crippen LogP contribution < -0.4 is 11.1 Å². The molecule has 0 aliphatic carbocycles. The zero-order valence-electron chi connectivity index (χ0n) is 17.0. The second kappa shape index (κ2) is 9.77. The predicted octanol–water partition coefficient (Wildman–Crippen LogP) is 6.30. The zero-order valence-corrected chi connectivity index (χ0v) is 17.0. The Morgan fingerprint density at radius 3 is 2.52 bits per heavy atom. The van der Waals surface area contributed by atoms with Crippen LogP contribution in [0, 0.1) is 0 Å². The average Bonchev–Trinajstić information content (AvgIpc) is 2.62. The third-order valence-electron chi connectivity index (χ3n) is 4.01. The highest BCUT2D eigenvalue weighted by Gasteiger charge is 2.20. The fourth-order valence-corrected chi connectivity index (χ4v) is 2.99. The van der Waals surface area contributed by atoms with E-state index in [-0.39, 0.29) is 0 Å². The molecule has 0 saturated heterocycles. The molecule has 0 saturated carbocycles. The maximum atomic E-state index is 6.19. The van der Waals surface area contributed by atoms with Crippen LogP contribution in [0.3, 0.4) is 0 Å². The van der Waals surface area contributed by atoms with E-state index in [1.807, 2.05) is 31.2 Å². The van der Waals surface area contributed by atoms with Crippen molar-refractivity contribution in [2.75, 3.05) is 17.6 Å². The lowest BCUT2D eigenvalue weighted by atomic mass is 9.90. The SMILES string of the molecule is C=C(C)/C=C1/Cc2cc(NCC)ccc2N=C1c1ccccc1N.CCC. The Labute approximate surface area is 163 Å². The Balaban J connectivity index is 0.000000817. The highest BCUT2D eigenvalue weighted by molar-refractivity contribution is 6.17. The highest BCUT2D eigenvalue weighted by atomic mass is 14.9. The summed E-state index contributed by atoms with van der Waals surface area (Å²) in [5, 5.41) is 3.36. The fraction of sp³-hybridized carbons (Fsp3) is 0.292. The van der Waals surface area contributed by atoms with Gasteiger partial charge in [0.2, 0.25) is 0 Å². The van der Waals surface area contributed by atoms with Gasteiger partial charge in [-0.25, -0.2) is 4.99 Å². The molecule has 0 unspecified atom stereocenters. The van der Waals surface area contributed by atoms with Crippen LogP contribution >= 0.6 is 0 Å². The largest absolute Gasteiger partial charge is 0.398 e. The van der Waals surface area contributed by atoms with Crippen molar-refractivity contribution in [2.45, 2.75) is 40.5 Å². The van der Waals surface area contributed by atoms with Gasteiger partial charge in [0.1, 0.15) is 0 Å². The lowest BCUT2D eigenvalue weighted by Gasteiger charge is -2.21. The van der Waals surface area contributed by atoms with E-state index in [1.165, 1.54) is 12.0 Å². The summed E-state index contributed by atoms with van der Waals surface area (Å²) >= 11 is 0. The zero-order chi connectivity index (χ0) is 19.8. The Bertz CT molecular complexity index is 860. The summed E-state index contributed by atoms with van der Waals surface area (Å²) < 4.78 is 0. The first-order chi connectivity index (χ1) is 13.0. The van der Waals surface area contributed by atoms with E-state index < -0.39 is 0 Å². The van der Waals surface area contributed by atoms with Crippen molar-refractivity contribution >= 4 is 22.8 Å².